The summed E-state index contributed by atoms with van der Waals surface area (Å²) in [6.45, 7) is 0. The van der Waals surface area contributed by atoms with Gasteiger partial charge in [0, 0.05) is 0 Å². The van der Waals surface area contributed by atoms with E-state index < -0.39 is 11.2 Å². The first-order chi connectivity index (χ1) is 6.42. The number of carboxylic acid groups (broad SMARTS) is 1. The molecule has 78 valence electrons. The number of halogens is 3. The lowest BCUT2D eigenvalue weighted by Crippen LogP contribution is -2.23. The van der Waals surface area contributed by atoms with E-state index in [0.717, 1.165) is 0 Å². The van der Waals surface area contributed by atoms with Gasteiger partial charge in [-0.1, -0.05) is 11.8 Å². The highest BCUT2D eigenvalue weighted by atomic mass is 35.5. The Morgan fingerprint density at radius 3 is 2.71 bits per heavy atom. The maximum atomic E-state index is 12.5. The molecule has 0 saturated heterocycles. The predicted molar refractivity (Wildman–Crippen MR) is 47.6 cm³/mol. The van der Waals surface area contributed by atoms with Crippen molar-refractivity contribution in [1.82, 2.24) is 0 Å². The third kappa shape index (κ3) is 2.88. The van der Waals surface area contributed by atoms with Crippen molar-refractivity contribution in [2.45, 2.75) is 11.0 Å². The summed E-state index contributed by atoms with van der Waals surface area (Å²) in [6.07, 6.45) is 0. The van der Waals surface area contributed by atoms with E-state index in [-0.39, 0.29) is 28.5 Å². The van der Waals surface area contributed by atoms with Crippen molar-refractivity contribution in [1.29, 1.82) is 0 Å². The second kappa shape index (κ2) is 4.18. The molecule has 0 amide bonds. The minimum absolute atomic E-state index is 0.0320. The fraction of sp³-hybridized carbons (Fsp3) is 0.286. The molecular weight excluding hydrogens is 238 g/mol. The van der Waals surface area contributed by atoms with Gasteiger partial charge in [-0.05, 0) is 23.7 Å². The summed E-state index contributed by atoms with van der Waals surface area (Å²) < 4.78 is 29.8. The van der Waals surface area contributed by atoms with Crippen molar-refractivity contribution < 1.29 is 23.1 Å². The number of thioether (sulfide) groups is 1. The van der Waals surface area contributed by atoms with Gasteiger partial charge in [0.1, 0.15) is 5.76 Å². The van der Waals surface area contributed by atoms with Crippen molar-refractivity contribution in [3.63, 3.8) is 0 Å². The normalized spacial score (nSPS) is 11.6. The fourth-order valence-corrected chi connectivity index (χ4v) is 1.42. The molecule has 1 aromatic heterocycles. The molecule has 0 aromatic carbocycles. The lowest BCUT2D eigenvalue weighted by Gasteiger charge is -2.08. The SMILES string of the molecule is O=C(O)C(F)(F)SCc1ccc(Cl)o1. The minimum Gasteiger partial charge on any atom is -0.476 e. The zero-order chi connectivity index (χ0) is 10.8. The molecule has 1 rings (SSSR count). The van der Waals surface area contributed by atoms with Crippen molar-refractivity contribution in [3.05, 3.63) is 23.1 Å². The number of rotatable bonds is 4. The molecule has 0 aliphatic rings. The van der Waals surface area contributed by atoms with Gasteiger partial charge in [-0.15, -0.1) is 0 Å². The number of furan rings is 1. The molecule has 0 aliphatic carbocycles. The zero-order valence-corrected chi connectivity index (χ0v) is 8.24. The molecule has 1 aromatic rings. The molecule has 0 unspecified atom stereocenters. The van der Waals surface area contributed by atoms with Gasteiger partial charge in [-0.3, -0.25) is 0 Å². The van der Waals surface area contributed by atoms with Crippen LogP contribution in [0.4, 0.5) is 8.78 Å². The van der Waals surface area contributed by atoms with Crippen molar-refractivity contribution in [2.24, 2.45) is 0 Å². The Morgan fingerprint density at radius 2 is 2.29 bits per heavy atom. The van der Waals surface area contributed by atoms with E-state index in [1.807, 2.05) is 0 Å². The smallest absolute Gasteiger partial charge is 0.389 e. The van der Waals surface area contributed by atoms with E-state index in [0.29, 0.717) is 0 Å². The summed E-state index contributed by atoms with van der Waals surface area (Å²) in [5.74, 6) is -2.20. The lowest BCUT2D eigenvalue weighted by atomic mass is 10.5. The van der Waals surface area contributed by atoms with Crippen LogP contribution < -0.4 is 0 Å². The molecular formula is C7H5ClF2O3S. The number of aliphatic carboxylic acids is 1. The third-order valence-corrected chi connectivity index (χ3v) is 2.44. The van der Waals surface area contributed by atoms with E-state index in [1.54, 1.807) is 0 Å². The maximum Gasteiger partial charge on any atom is 0.389 e. The van der Waals surface area contributed by atoms with Gasteiger partial charge in [-0.25, -0.2) is 4.79 Å². The maximum absolute atomic E-state index is 12.5. The molecule has 0 aliphatic heterocycles. The second-order valence-corrected chi connectivity index (χ2v) is 3.78. The first-order valence-corrected chi connectivity index (χ1v) is 4.77. The van der Waals surface area contributed by atoms with E-state index in [2.05, 4.69) is 0 Å². The van der Waals surface area contributed by atoms with Gasteiger partial charge in [0.2, 0.25) is 0 Å². The molecule has 14 heavy (non-hydrogen) atoms. The Labute approximate surface area is 87.0 Å². The van der Waals surface area contributed by atoms with Gasteiger partial charge in [-0.2, -0.15) is 8.78 Å². The van der Waals surface area contributed by atoms with Crippen LogP contribution in [0.3, 0.4) is 0 Å². The Balaban J connectivity index is 2.52. The van der Waals surface area contributed by atoms with Gasteiger partial charge < -0.3 is 9.52 Å². The van der Waals surface area contributed by atoms with Crippen LogP contribution in [0.1, 0.15) is 5.76 Å². The fourth-order valence-electron chi connectivity index (χ4n) is 0.653. The van der Waals surface area contributed by atoms with Crippen LogP contribution in [0, 0.1) is 0 Å². The van der Waals surface area contributed by atoms with Crippen LogP contribution in [-0.2, 0) is 10.5 Å². The van der Waals surface area contributed by atoms with E-state index in [1.165, 1.54) is 12.1 Å². The first kappa shape index (κ1) is 11.3. The van der Waals surface area contributed by atoms with Crippen LogP contribution in [0.2, 0.25) is 5.22 Å². The van der Waals surface area contributed by atoms with Crippen LogP contribution in [0.5, 0.6) is 0 Å². The summed E-state index contributed by atoms with van der Waals surface area (Å²) in [5.41, 5.74) is 0. The highest BCUT2D eigenvalue weighted by molar-refractivity contribution is 8.00. The third-order valence-electron chi connectivity index (χ3n) is 1.27. The predicted octanol–water partition coefficient (Wildman–Crippen LogP) is 2.84. The Kier molecular flexibility index (Phi) is 3.38. The quantitative estimate of drug-likeness (QED) is 0.882. The Bertz CT molecular complexity index is 339. The molecule has 0 radical (unpaired) electrons. The Morgan fingerprint density at radius 1 is 1.64 bits per heavy atom. The number of carboxylic acids is 1. The second-order valence-electron chi connectivity index (χ2n) is 2.32. The first-order valence-electron chi connectivity index (χ1n) is 3.41. The lowest BCUT2D eigenvalue weighted by molar-refractivity contribution is -0.152. The van der Waals surface area contributed by atoms with Gasteiger partial charge in [0.25, 0.3) is 0 Å². The summed E-state index contributed by atoms with van der Waals surface area (Å²) in [5, 5.41) is 4.37. The van der Waals surface area contributed by atoms with Crippen LogP contribution in [-0.4, -0.2) is 16.3 Å². The number of alkyl halides is 2. The largest absolute Gasteiger partial charge is 0.476 e. The molecule has 0 saturated carbocycles. The number of hydrogen-bond donors (Lipinski definition) is 1. The van der Waals surface area contributed by atoms with Gasteiger partial charge in [0.05, 0.1) is 5.75 Å². The molecule has 0 fully saturated rings. The van der Waals surface area contributed by atoms with Crippen molar-refractivity contribution in [3.8, 4) is 0 Å². The minimum atomic E-state index is -3.81. The van der Waals surface area contributed by atoms with Gasteiger partial charge in [0.15, 0.2) is 5.22 Å². The number of hydrogen-bond acceptors (Lipinski definition) is 3. The molecule has 1 heterocycles. The molecule has 0 bridgehead atoms. The monoisotopic (exact) mass is 242 g/mol. The van der Waals surface area contributed by atoms with E-state index in [9.17, 15) is 13.6 Å². The van der Waals surface area contributed by atoms with Crippen LogP contribution >= 0.6 is 23.4 Å². The summed E-state index contributed by atoms with van der Waals surface area (Å²) in [7, 11) is 0. The topological polar surface area (TPSA) is 50.4 Å². The number of carbonyl (C=O) groups is 1. The molecule has 3 nitrogen and oxygen atoms in total. The molecule has 1 N–H and O–H groups in total. The summed E-state index contributed by atoms with van der Waals surface area (Å²) >= 11 is 5.36. The molecule has 7 heteroatoms. The van der Waals surface area contributed by atoms with Gasteiger partial charge >= 0.3 is 11.2 Å². The summed E-state index contributed by atoms with van der Waals surface area (Å²) in [6, 6.07) is 2.81. The van der Waals surface area contributed by atoms with E-state index in [4.69, 9.17) is 21.1 Å². The highest BCUT2D eigenvalue weighted by Crippen LogP contribution is 2.32. The zero-order valence-electron chi connectivity index (χ0n) is 6.67. The molecule has 0 spiro atoms. The van der Waals surface area contributed by atoms with E-state index >= 15 is 0 Å². The average Bonchev–Trinajstić information content (AvgIpc) is 2.48. The average molecular weight is 243 g/mol. The van der Waals surface area contributed by atoms with Crippen LogP contribution in [0.15, 0.2) is 16.5 Å². The van der Waals surface area contributed by atoms with Crippen molar-refractivity contribution in [2.75, 3.05) is 0 Å². The van der Waals surface area contributed by atoms with Crippen LogP contribution in [0.25, 0.3) is 0 Å². The summed E-state index contributed by atoms with van der Waals surface area (Å²) in [4.78, 5) is 10.0. The molecule has 0 atom stereocenters. The standard InChI is InChI=1S/C7H5ClF2O3S/c8-5-2-1-4(13-5)3-14-7(9,10)6(11)12/h1-2H,3H2,(H,11,12). The Hall–Kier alpha value is -0.750. The van der Waals surface area contributed by atoms with Crippen molar-refractivity contribution >= 4 is 29.3 Å². The highest BCUT2D eigenvalue weighted by Gasteiger charge is 2.39.